The van der Waals surface area contributed by atoms with Crippen molar-refractivity contribution in [2.75, 3.05) is 4.31 Å². The van der Waals surface area contributed by atoms with E-state index in [1.807, 2.05) is 12.1 Å². The predicted molar refractivity (Wildman–Crippen MR) is 94.9 cm³/mol. The van der Waals surface area contributed by atoms with Crippen molar-refractivity contribution in [2.45, 2.75) is 4.90 Å². The molecule has 1 aliphatic rings. The summed E-state index contributed by atoms with van der Waals surface area (Å²) in [5.41, 5.74) is 0.957. The maximum absolute atomic E-state index is 12.8. The van der Waals surface area contributed by atoms with Crippen LogP contribution < -0.4 is 4.31 Å². The van der Waals surface area contributed by atoms with Gasteiger partial charge in [-0.3, -0.25) is 9.78 Å². The Hall–Kier alpha value is -2.00. The van der Waals surface area contributed by atoms with Crippen LogP contribution in [-0.4, -0.2) is 19.3 Å². The number of carbonyl (C=O) groups is 1. The molecule has 4 rings (SSSR count). The second-order valence-corrected chi connectivity index (χ2v) is 8.07. The van der Waals surface area contributed by atoms with Crippen LogP contribution in [0.4, 0.5) is 5.69 Å². The average Bonchev–Trinajstić information content (AvgIpc) is 2.73. The van der Waals surface area contributed by atoms with E-state index < -0.39 is 15.9 Å². The molecule has 0 aliphatic carbocycles. The molecule has 0 spiro atoms. The molecule has 1 aliphatic heterocycles. The number of hydrogen-bond donors (Lipinski definition) is 0. The first-order valence-corrected chi connectivity index (χ1v) is 9.25. The van der Waals surface area contributed by atoms with E-state index in [2.05, 4.69) is 27.6 Å². The molecule has 2 aromatic carbocycles. The van der Waals surface area contributed by atoms with Gasteiger partial charge in [0.15, 0.2) is 0 Å². The summed E-state index contributed by atoms with van der Waals surface area (Å²) in [5, 5.41) is 0.776. The van der Waals surface area contributed by atoms with Gasteiger partial charge in [-0.15, -0.1) is 0 Å². The molecule has 1 aromatic heterocycles. The minimum absolute atomic E-state index is 0.0378. The SMILES string of the molecule is O=C1c2cc(I)ccc2S(=O)(=O)N1c1cccc2cccnc12. The molecule has 0 N–H and O–H groups in total. The fraction of sp³-hybridized carbons (Fsp3) is 0. The maximum atomic E-state index is 12.8. The first-order valence-electron chi connectivity index (χ1n) is 6.73. The molecule has 0 radical (unpaired) electrons. The van der Waals surface area contributed by atoms with Gasteiger partial charge < -0.3 is 0 Å². The molecule has 7 heteroatoms. The van der Waals surface area contributed by atoms with E-state index in [-0.39, 0.29) is 16.1 Å². The van der Waals surface area contributed by atoms with Crippen molar-refractivity contribution in [2.24, 2.45) is 0 Å². The smallest absolute Gasteiger partial charge is 0.268 e. The van der Waals surface area contributed by atoms with Gasteiger partial charge in [0.1, 0.15) is 4.90 Å². The van der Waals surface area contributed by atoms with Gasteiger partial charge in [-0.25, -0.2) is 8.42 Å². The van der Waals surface area contributed by atoms with Crippen molar-refractivity contribution < 1.29 is 13.2 Å². The summed E-state index contributed by atoms with van der Waals surface area (Å²) in [6, 6.07) is 13.5. The summed E-state index contributed by atoms with van der Waals surface area (Å²) in [6.45, 7) is 0. The molecule has 0 fully saturated rings. The minimum Gasteiger partial charge on any atom is -0.268 e. The Balaban J connectivity index is 2.02. The molecule has 5 nitrogen and oxygen atoms in total. The Bertz CT molecular complexity index is 1070. The molecule has 3 aromatic rings. The Labute approximate surface area is 146 Å². The first kappa shape index (κ1) is 14.6. The monoisotopic (exact) mass is 436 g/mol. The van der Waals surface area contributed by atoms with Gasteiger partial charge in [-0.05, 0) is 52.9 Å². The van der Waals surface area contributed by atoms with Gasteiger partial charge in [0.05, 0.1) is 16.8 Å². The number of halogens is 1. The summed E-state index contributed by atoms with van der Waals surface area (Å²) in [7, 11) is -3.92. The number of amides is 1. The fourth-order valence-electron chi connectivity index (χ4n) is 2.70. The summed E-state index contributed by atoms with van der Waals surface area (Å²) in [4.78, 5) is 17.0. The van der Waals surface area contributed by atoms with Crippen LogP contribution in [0.5, 0.6) is 0 Å². The van der Waals surface area contributed by atoms with Gasteiger partial charge in [0.2, 0.25) is 0 Å². The topological polar surface area (TPSA) is 67.3 Å². The first-order chi connectivity index (χ1) is 11.0. The van der Waals surface area contributed by atoms with Crippen molar-refractivity contribution in [3.63, 3.8) is 0 Å². The Morgan fingerprint density at radius 2 is 1.83 bits per heavy atom. The highest BCUT2D eigenvalue weighted by Gasteiger charge is 2.43. The number of nitrogens with zero attached hydrogens (tertiary/aromatic N) is 2. The summed E-state index contributed by atoms with van der Waals surface area (Å²) in [5.74, 6) is -0.545. The molecule has 0 saturated heterocycles. The molecule has 0 bridgehead atoms. The lowest BCUT2D eigenvalue weighted by Gasteiger charge is -2.16. The van der Waals surface area contributed by atoms with Crippen LogP contribution in [0.2, 0.25) is 0 Å². The Morgan fingerprint density at radius 1 is 1.04 bits per heavy atom. The van der Waals surface area contributed by atoms with Crippen molar-refractivity contribution in [3.8, 4) is 0 Å². The third kappa shape index (κ3) is 2.07. The van der Waals surface area contributed by atoms with Crippen LogP contribution in [0, 0.1) is 3.57 Å². The number of fused-ring (bicyclic) bond motifs is 2. The highest BCUT2D eigenvalue weighted by atomic mass is 127. The largest absolute Gasteiger partial charge is 0.273 e. The Kier molecular flexibility index (Phi) is 3.17. The average molecular weight is 436 g/mol. The van der Waals surface area contributed by atoms with Crippen molar-refractivity contribution in [1.29, 1.82) is 0 Å². The highest BCUT2D eigenvalue weighted by molar-refractivity contribution is 14.1. The van der Waals surface area contributed by atoms with Crippen LogP contribution >= 0.6 is 22.6 Å². The van der Waals surface area contributed by atoms with Crippen molar-refractivity contribution >= 4 is 55.1 Å². The van der Waals surface area contributed by atoms with E-state index in [0.29, 0.717) is 5.52 Å². The lowest BCUT2D eigenvalue weighted by Crippen LogP contribution is -2.30. The molecule has 0 atom stereocenters. The number of pyridine rings is 1. The summed E-state index contributed by atoms with van der Waals surface area (Å²) < 4.78 is 27.3. The number of hydrogen-bond acceptors (Lipinski definition) is 4. The Morgan fingerprint density at radius 3 is 2.65 bits per heavy atom. The molecule has 114 valence electrons. The van der Waals surface area contributed by atoms with E-state index >= 15 is 0 Å². The molecular formula is C16H9IN2O3S. The highest BCUT2D eigenvalue weighted by Crippen LogP contribution is 2.37. The third-order valence-corrected chi connectivity index (χ3v) is 6.13. The second-order valence-electron chi connectivity index (χ2n) is 5.07. The van der Waals surface area contributed by atoms with Gasteiger partial charge in [-0.2, -0.15) is 4.31 Å². The van der Waals surface area contributed by atoms with Gasteiger partial charge >= 0.3 is 0 Å². The quantitative estimate of drug-likeness (QED) is 0.550. The van der Waals surface area contributed by atoms with E-state index in [1.54, 1.807) is 36.5 Å². The van der Waals surface area contributed by atoms with Crippen molar-refractivity contribution in [3.05, 3.63) is 63.9 Å². The van der Waals surface area contributed by atoms with Crippen LogP contribution in [-0.2, 0) is 10.0 Å². The number of sulfonamides is 1. The van der Waals surface area contributed by atoms with Gasteiger partial charge in [0.25, 0.3) is 15.9 Å². The van der Waals surface area contributed by atoms with Crippen molar-refractivity contribution in [1.82, 2.24) is 4.98 Å². The van der Waals surface area contributed by atoms with E-state index in [1.165, 1.54) is 6.07 Å². The predicted octanol–water partition coefficient (Wildman–Crippen LogP) is 3.19. The standard InChI is InChI=1S/C16H9IN2O3S/c17-11-6-7-14-12(9-11)16(20)19(23(14,21)22)13-5-1-3-10-4-2-8-18-15(10)13/h1-9H. The molecule has 0 saturated carbocycles. The summed E-state index contributed by atoms with van der Waals surface area (Å²) >= 11 is 2.05. The molecular weight excluding hydrogens is 427 g/mol. The molecule has 23 heavy (non-hydrogen) atoms. The minimum atomic E-state index is -3.92. The maximum Gasteiger partial charge on any atom is 0.273 e. The molecule has 0 unspecified atom stereocenters. The normalized spacial score (nSPS) is 15.9. The van der Waals surface area contributed by atoms with Gasteiger partial charge in [0, 0.05) is 15.2 Å². The lowest BCUT2D eigenvalue weighted by molar-refractivity contribution is 0.101. The second kappa shape index (κ2) is 5.00. The van der Waals surface area contributed by atoms with Gasteiger partial charge in [-0.1, -0.05) is 18.2 Å². The molecule has 2 heterocycles. The van der Waals surface area contributed by atoms with E-state index in [4.69, 9.17) is 0 Å². The zero-order chi connectivity index (χ0) is 16.2. The summed E-state index contributed by atoms with van der Waals surface area (Å²) in [6.07, 6.45) is 1.58. The van der Waals surface area contributed by atoms with Crippen LogP contribution in [0.3, 0.4) is 0 Å². The number of anilines is 1. The number of carbonyl (C=O) groups excluding carboxylic acids is 1. The third-order valence-electron chi connectivity index (χ3n) is 3.70. The number of para-hydroxylation sites is 1. The van der Waals surface area contributed by atoms with E-state index in [0.717, 1.165) is 13.3 Å². The zero-order valence-corrected chi connectivity index (χ0v) is 14.6. The fourth-order valence-corrected chi connectivity index (χ4v) is 4.78. The van der Waals surface area contributed by atoms with Crippen LogP contribution in [0.25, 0.3) is 10.9 Å². The zero-order valence-electron chi connectivity index (χ0n) is 11.6. The number of benzene rings is 2. The number of aromatic nitrogens is 1. The van der Waals surface area contributed by atoms with E-state index in [9.17, 15) is 13.2 Å². The number of rotatable bonds is 1. The van der Waals surface area contributed by atoms with Crippen LogP contribution in [0.1, 0.15) is 10.4 Å². The lowest BCUT2D eigenvalue weighted by atomic mass is 10.1. The van der Waals surface area contributed by atoms with Crippen LogP contribution in [0.15, 0.2) is 59.6 Å². The molecule has 1 amide bonds.